The monoisotopic (exact) mass is 404 g/mol. The molecule has 0 amide bonds. The van der Waals surface area contributed by atoms with E-state index >= 15 is 0 Å². The molecular formula is C19H25FN6OS. The summed E-state index contributed by atoms with van der Waals surface area (Å²) in [5.41, 5.74) is 2.69. The summed E-state index contributed by atoms with van der Waals surface area (Å²) in [5.74, 6) is 0.614. The topological polar surface area (TPSA) is 83.5 Å². The maximum absolute atomic E-state index is 13.0. The van der Waals surface area contributed by atoms with Crippen molar-refractivity contribution in [1.82, 2.24) is 20.6 Å². The summed E-state index contributed by atoms with van der Waals surface area (Å²) >= 11 is 5.29. The molecule has 1 aromatic heterocycles. The minimum absolute atomic E-state index is 0.254. The third-order valence-electron chi connectivity index (χ3n) is 3.62. The van der Waals surface area contributed by atoms with E-state index in [1.54, 1.807) is 19.2 Å². The lowest BCUT2D eigenvalue weighted by Gasteiger charge is -2.14. The standard InChI is InChI=1S/C19H25FN6OS/c1-13-12-14(2)24-18(23-13)25-17(26-19(28)22-10-11-27-3)21-9-8-15-4-6-16(20)7-5-15/h4-7,12H,8-11H2,1-3H3,(H3,21,22,23,24,25,26,28). The lowest BCUT2D eigenvalue weighted by Crippen LogP contribution is -2.43. The minimum Gasteiger partial charge on any atom is -0.383 e. The molecular weight excluding hydrogens is 379 g/mol. The van der Waals surface area contributed by atoms with E-state index in [2.05, 4.69) is 30.9 Å². The number of guanidine groups is 1. The van der Waals surface area contributed by atoms with E-state index < -0.39 is 0 Å². The predicted molar refractivity (Wildman–Crippen MR) is 113 cm³/mol. The van der Waals surface area contributed by atoms with Crippen molar-refractivity contribution in [2.75, 3.05) is 32.1 Å². The average molecular weight is 405 g/mol. The predicted octanol–water partition coefficient (Wildman–Crippen LogP) is 2.35. The van der Waals surface area contributed by atoms with Crippen LogP contribution < -0.4 is 16.0 Å². The lowest BCUT2D eigenvalue weighted by molar-refractivity contribution is 0.204. The molecule has 28 heavy (non-hydrogen) atoms. The quantitative estimate of drug-likeness (QED) is 0.283. The van der Waals surface area contributed by atoms with Crippen molar-refractivity contribution in [2.24, 2.45) is 4.99 Å². The van der Waals surface area contributed by atoms with E-state index in [0.29, 0.717) is 43.1 Å². The fourth-order valence-electron chi connectivity index (χ4n) is 2.36. The molecule has 3 N–H and O–H groups in total. The Kier molecular flexibility index (Phi) is 8.70. The maximum Gasteiger partial charge on any atom is 0.229 e. The molecule has 0 aliphatic heterocycles. The number of halogens is 1. The van der Waals surface area contributed by atoms with Gasteiger partial charge in [0.2, 0.25) is 11.9 Å². The van der Waals surface area contributed by atoms with Crippen LogP contribution in [0, 0.1) is 19.7 Å². The van der Waals surface area contributed by atoms with E-state index in [1.807, 2.05) is 19.9 Å². The van der Waals surface area contributed by atoms with Crippen molar-refractivity contribution in [2.45, 2.75) is 20.3 Å². The zero-order valence-corrected chi connectivity index (χ0v) is 17.1. The van der Waals surface area contributed by atoms with Crippen LogP contribution in [0.4, 0.5) is 10.3 Å². The number of aromatic nitrogens is 2. The first-order chi connectivity index (χ1) is 13.5. The van der Waals surface area contributed by atoms with Crippen molar-refractivity contribution in [3.63, 3.8) is 0 Å². The van der Waals surface area contributed by atoms with Crippen LogP contribution in [-0.2, 0) is 11.2 Å². The molecule has 9 heteroatoms. The number of hydrogen-bond acceptors (Lipinski definition) is 5. The number of thiocarbonyl (C=S) groups is 1. The third-order valence-corrected chi connectivity index (χ3v) is 3.87. The highest BCUT2D eigenvalue weighted by Gasteiger charge is 2.07. The zero-order valence-electron chi connectivity index (χ0n) is 16.3. The first kappa shape index (κ1) is 21.6. The Bertz CT molecular complexity index is 792. The number of hydrogen-bond donors (Lipinski definition) is 3. The lowest BCUT2D eigenvalue weighted by atomic mass is 10.1. The van der Waals surface area contributed by atoms with E-state index in [4.69, 9.17) is 17.0 Å². The minimum atomic E-state index is -0.254. The highest BCUT2D eigenvalue weighted by molar-refractivity contribution is 7.80. The SMILES string of the molecule is COCCNC(=S)NC(=NCCc1ccc(F)cc1)Nc1nc(C)cc(C)n1. The molecule has 7 nitrogen and oxygen atoms in total. The summed E-state index contributed by atoms with van der Waals surface area (Å²) in [4.78, 5) is 13.3. The second-order valence-corrected chi connectivity index (χ2v) is 6.49. The molecule has 0 saturated carbocycles. The van der Waals surface area contributed by atoms with Crippen molar-refractivity contribution >= 4 is 29.2 Å². The molecule has 0 spiro atoms. The molecule has 0 aliphatic carbocycles. The first-order valence-electron chi connectivity index (χ1n) is 8.88. The second-order valence-electron chi connectivity index (χ2n) is 6.08. The Balaban J connectivity index is 2.05. The Morgan fingerprint density at radius 3 is 2.50 bits per heavy atom. The molecule has 0 radical (unpaired) electrons. The van der Waals surface area contributed by atoms with E-state index in [0.717, 1.165) is 17.0 Å². The van der Waals surface area contributed by atoms with Gasteiger partial charge < -0.3 is 15.4 Å². The van der Waals surface area contributed by atoms with Gasteiger partial charge in [-0.05, 0) is 56.2 Å². The van der Waals surface area contributed by atoms with Gasteiger partial charge >= 0.3 is 0 Å². The van der Waals surface area contributed by atoms with Crippen LogP contribution in [0.25, 0.3) is 0 Å². The highest BCUT2D eigenvalue weighted by Crippen LogP contribution is 2.05. The zero-order chi connectivity index (χ0) is 20.4. The van der Waals surface area contributed by atoms with Gasteiger partial charge in [-0.2, -0.15) is 0 Å². The van der Waals surface area contributed by atoms with E-state index in [1.165, 1.54) is 12.1 Å². The first-order valence-corrected chi connectivity index (χ1v) is 9.29. The average Bonchev–Trinajstić information content (AvgIpc) is 2.62. The van der Waals surface area contributed by atoms with Crippen molar-refractivity contribution in [3.8, 4) is 0 Å². The van der Waals surface area contributed by atoms with Crippen LogP contribution >= 0.6 is 12.2 Å². The van der Waals surface area contributed by atoms with Gasteiger partial charge in [0.1, 0.15) is 5.82 Å². The van der Waals surface area contributed by atoms with Crippen molar-refractivity contribution in [1.29, 1.82) is 0 Å². The van der Waals surface area contributed by atoms with Crippen LogP contribution in [0.5, 0.6) is 0 Å². The van der Waals surface area contributed by atoms with E-state index in [9.17, 15) is 4.39 Å². The Labute approximate surface area is 169 Å². The number of anilines is 1. The molecule has 0 atom stereocenters. The fraction of sp³-hybridized carbons (Fsp3) is 0.368. The van der Waals surface area contributed by atoms with Gasteiger partial charge in [0.15, 0.2) is 5.11 Å². The van der Waals surface area contributed by atoms with Crippen molar-refractivity contribution < 1.29 is 9.13 Å². The molecule has 0 saturated heterocycles. The summed E-state index contributed by atoms with van der Waals surface area (Å²) in [6.45, 7) is 5.38. The van der Waals surface area contributed by atoms with Gasteiger partial charge in [0.25, 0.3) is 0 Å². The number of rotatable bonds is 7. The summed E-state index contributed by atoms with van der Waals surface area (Å²) in [6.07, 6.45) is 0.657. The number of nitrogens with one attached hydrogen (secondary N) is 3. The second kappa shape index (κ2) is 11.3. The van der Waals surface area contributed by atoms with Gasteiger partial charge in [-0.25, -0.2) is 14.4 Å². The number of ether oxygens (including phenoxy) is 1. The number of aliphatic imine (C=N–C) groups is 1. The largest absolute Gasteiger partial charge is 0.383 e. The van der Waals surface area contributed by atoms with E-state index in [-0.39, 0.29) is 5.82 Å². The summed E-state index contributed by atoms with van der Waals surface area (Å²) in [6, 6.07) is 8.26. The molecule has 1 aromatic carbocycles. The van der Waals surface area contributed by atoms with Gasteiger partial charge in [-0.1, -0.05) is 12.1 Å². The van der Waals surface area contributed by atoms with Crippen LogP contribution in [0.2, 0.25) is 0 Å². The third kappa shape index (κ3) is 7.93. The Morgan fingerprint density at radius 1 is 1.18 bits per heavy atom. The molecule has 2 aromatic rings. The smallest absolute Gasteiger partial charge is 0.229 e. The van der Waals surface area contributed by atoms with Gasteiger partial charge in [-0.3, -0.25) is 10.3 Å². The number of aryl methyl sites for hydroxylation is 2. The summed E-state index contributed by atoms with van der Waals surface area (Å²) < 4.78 is 18.0. The molecule has 150 valence electrons. The van der Waals surface area contributed by atoms with Crippen LogP contribution in [-0.4, -0.2) is 47.8 Å². The summed E-state index contributed by atoms with van der Waals surface area (Å²) in [7, 11) is 1.62. The number of nitrogens with zero attached hydrogens (tertiary/aromatic N) is 3. The Morgan fingerprint density at radius 2 is 1.86 bits per heavy atom. The normalized spacial score (nSPS) is 11.2. The molecule has 1 heterocycles. The maximum atomic E-state index is 13.0. The molecule has 0 bridgehead atoms. The van der Waals surface area contributed by atoms with Crippen LogP contribution in [0.1, 0.15) is 17.0 Å². The fourth-order valence-corrected chi connectivity index (χ4v) is 2.56. The molecule has 0 unspecified atom stereocenters. The van der Waals surface area contributed by atoms with Crippen LogP contribution in [0.3, 0.4) is 0 Å². The van der Waals surface area contributed by atoms with Crippen LogP contribution in [0.15, 0.2) is 35.3 Å². The van der Waals surface area contributed by atoms with Crippen molar-refractivity contribution in [3.05, 3.63) is 53.1 Å². The molecule has 2 rings (SSSR count). The Hall–Kier alpha value is -2.65. The van der Waals surface area contributed by atoms with Gasteiger partial charge in [0, 0.05) is 31.6 Å². The molecule has 0 aliphatic rings. The number of benzene rings is 1. The van der Waals surface area contributed by atoms with Gasteiger partial charge in [-0.15, -0.1) is 0 Å². The highest BCUT2D eigenvalue weighted by atomic mass is 32.1. The summed E-state index contributed by atoms with van der Waals surface area (Å²) in [5, 5.41) is 9.54. The number of methoxy groups -OCH3 is 1. The molecule has 0 fully saturated rings. The van der Waals surface area contributed by atoms with Gasteiger partial charge in [0.05, 0.1) is 6.61 Å².